The van der Waals surface area contributed by atoms with Crippen molar-refractivity contribution in [1.82, 2.24) is 0 Å². The molecule has 0 saturated carbocycles. The number of hydrogen-bond acceptors (Lipinski definition) is 3. The van der Waals surface area contributed by atoms with Crippen LogP contribution in [0.4, 0.5) is 0 Å². The van der Waals surface area contributed by atoms with Crippen molar-refractivity contribution in [2.45, 2.75) is 18.9 Å². The lowest BCUT2D eigenvalue weighted by Crippen LogP contribution is -2.19. The molecule has 0 aromatic rings. The molecule has 3 nitrogen and oxygen atoms in total. The van der Waals surface area contributed by atoms with Gasteiger partial charge < -0.3 is 4.74 Å². The summed E-state index contributed by atoms with van der Waals surface area (Å²) < 4.78 is 5.06. The quantitative estimate of drug-likeness (QED) is 0.380. The standard InChI is InChI=1S/C6H9NO2/c8-5-7-6-2-1-3-9-4-6/h6H,1-4H2. The van der Waals surface area contributed by atoms with Gasteiger partial charge in [0.15, 0.2) is 0 Å². The van der Waals surface area contributed by atoms with Crippen molar-refractivity contribution in [2.75, 3.05) is 13.2 Å². The van der Waals surface area contributed by atoms with E-state index in [0.717, 1.165) is 19.4 Å². The predicted octanol–water partition coefficient (Wildman–Crippen LogP) is 0.501. The first-order chi connectivity index (χ1) is 4.43. The zero-order chi connectivity index (χ0) is 6.53. The molecule has 1 unspecified atom stereocenters. The third-order valence-electron chi connectivity index (χ3n) is 1.37. The van der Waals surface area contributed by atoms with E-state index in [1.165, 1.54) is 6.08 Å². The van der Waals surface area contributed by atoms with Crippen LogP contribution in [-0.2, 0) is 9.53 Å². The molecular weight excluding hydrogens is 118 g/mol. The molecule has 0 spiro atoms. The molecule has 1 aliphatic heterocycles. The first-order valence-electron chi connectivity index (χ1n) is 3.08. The Kier molecular flexibility index (Phi) is 2.43. The van der Waals surface area contributed by atoms with Gasteiger partial charge in [0.1, 0.15) is 0 Å². The van der Waals surface area contributed by atoms with E-state index in [1.54, 1.807) is 0 Å². The van der Waals surface area contributed by atoms with Crippen molar-refractivity contribution in [1.29, 1.82) is 0 Å². The molecule has 1 fully saturated rings. The topological polar surface area (TPSA) is 38.7 Å². The fourth-order valence-electron chi connectivity index (χ4n) is 0.900. The SMILES string of the molecule is O=C=NC1CCCOC1. The second kappa shape index (κ2) is 3.38. The highest BCUT2D eigenvalue weighted by Crippen LogP contribution is 2.07. The van der Waals surface area contributed by atoms with Crippen molar-refractivity contribution in [3.8, 4) is 0 Å². The molecule has 1 atom stereocenters. The van der Waals surface area contributed by atoms with Crippen LogP contribution in [0.3, 0.4) is 0 Å². The normalized spacial score (nSPS) is 26.9. The van der Waals surface area contributed by atoms with Gasteiger partial charge in [0.2, 0.25) is 6.08 Å². The van der Waals surface area contributed by atoms with E-state index in [0.29, 0.717) is 6.61 Å². The summed E-state index contributed by atoms with van der Waals surface area (Å²) in [5.74, 6) is 0. The Morgan fingerprint density at radius 3 is 3.11 bits per heavy atom. The lowest BCUT2D eigenvalue weighted by molar-refractivity contribution is 0.0828. The van der Waals surface area contributed by atoms with Gasteiger partial charge in [-0.1, -0.05) is 0 Å². The van der Waals surface area contributed by atoms with Crippen LogP contribution in [0, 0.1) is 0 Å². The summed E-state index contributed by atoms with van der Waals surface area (Å²) in [5, 5.41) is 0. The van der Waals surface area contributed by atoms with Crippen LogP contribution < -0.4 is 0 Å². The number of rotatable bonds is 1. The molecule has 1 heterocycles. The first-order valence-corrected chi connectivity index (χ1v) is 3.08. The molecule has 1 rings (SSSR count). The number of ether oxygens (including phenoxy) is 1. The van der Waals surface area contributed by atoms with Gasteiger partial charge in [-0.3, -0.25) is 0 Å². The minimum absolute atomic E-state index is 0.0799. The maximum Gasteiger partial charge on any atom is 0.235 e. The van der Waals surface area contributed by atoms with Gasteiger partial charge in [0.05, 0.1) is 12.6 Å². The van der Waals surface area contributed by atoms with Crippen LogP contribution in [0.1, 0.15) is 12.8 Å². The van der Waals surface area contributed by atoms with Crippen LogP contribution in [0.2, 0.25) is 0 Å². The Labute approximate surface area is 53.7 Å². The zero-order valence-corrected chi connectivity index (χ0v) is 5.17. The summed E-state index contributed by atoms with van der Waals surface area (Å²) in [4.78, 5) is 13.3. The third-order valence-corrected chi connectivity index (χ3v) is 1.37. The summed E-state index contributed by atoms with van der Waals surface area (Å²) in [6, 6.07) is 0.0799. The van der Waals surface area contributed by atoms with Gasteiger partial charge in [0, 0.05) is 6.61 Å². The molecule has 3 heteroatoms. The van der Waals surface area contributed by atoms with Gasteiger partial charge in [-0.05, 0) is 12.8 Å². The van der Waals surface area contributed by atoms with Gasteiger partial charge in [-0.2, -0.15) is 0 Å². The Morgan fingerprint density at radius 1 is 1.67 bits per heavy atom. The molecule has 9 heavy (non-hydrogen) atoms. The summed E-state index contributed by atoms with van der Waals surface area (Å²) in [7, 11) is 0. The molecule has 0 N–H and O–H groups in total. The van der Waals surface area contributed by atoms with E-state index in [9.17, 15) is 4.79 Å². The highest BCUT2D eigenvalue weighted by atomic mass is 16.5. The summed E-state index contributed by atoms with van der Waals surface area (Å²) in [6.45, 7) is 1.40. The number of aliphatic imine (C=N–C) groups is 1. The Hall–Kier alpha value is -0.660. The van der Waals surface area contributed by atoms with Gasteiger partial charge >= 0.3 is 0 Å². The Bertz CT molecular complexity index is 123. The summed E-state index contributed by atoms with van der Waals surface area (Å²) >= 11 is 0. The second-order valence-corrected chi connectivity index (χ2v) is 2.09. The van der Waals surface area contributed by atoms with Crippen LogP contribution in [0.25, 0.3) is 0 Å². The first kappa shape index (κ1) is 6.46. The van der Waals surface area contributed by atoms with Crippen LogP contribution in [0.5, 0.6) is 0 Å². The molecule has 0 aliphatic carbocycles. The van der Waals surface area contributed by atoms with Gasteiger partial charge in [-0.25, -0.2) is 9.79 Å². The Morgan fingerprint density at radius 2 is 2.56 bits per heavy atom. The fraction of sp³-hybridized carbons (Fsp3) is 0.833. The molecular formula is C6H9NO2. The molecule has 0 aromatic heterocycles. The second-order valence-electron chi connectivity index (χ2n) is 2.09. The average Bonchev–Trinajstić information content (AvgIpc) is 1.91. The van der Waals surface area contributed by atoms with E-state index in [1.807, 2.05) is 0 Å². The van der Waals surface area contributed by atoms with Crippen LogP contribution >= 0.6 is 0 Å². The van der Waals surface area contributed by atoms with Crippen molar-refractivity contribution in [3.63, 3.8) is 0 Å². The zero-order valence-electron chi connectivity index (χ0n) is 5.17. The van der Waals surface area contributed by atoms with Crippen molar-refractivity contribution >= 4 is 6.08 Å². The molecule has 50 valence electrons. The third kappa shape index (κ3) is 1.96. The van der Waals surface area contributed by atoms with Gasteiger partial charge in [-0.15, -0.1) is 0 Å². The summed E-state index contributed by atoms with van der Waals surface area (Å²) in [5.41, 5.74) is 0. The predicted molar refractivity (Wildman–Crippen MR) is 32.0 cm³/mol. The number of nitrogens with zero attached hydrogens (tertiary/aromatic N) is 1. The van der Waals surface area contributed by atoms with Gasteiger partial charge in [0.25, 0.3) is 0 Å². The molecule has 1 aliphatic rings. The lowest BCUT2D eigenvalue weighted by Gasteiger charge is -2.15. The van der Waals surface area contributed by atoms with E-state index >= 15 is 0 Å². The Balaban J connectivity index is 2.31. The van der Waals surface area contributed by atoms with E-state index in [-0.39, 0.29) is 6.04 Å². The average molecular weight is 127 g/mol. The largest absolute Gasteiger partial charge is 0.379 e. The number of isocyanates is 1. The minimum atomic E-state index is 0.0799. The molecule has 0 aromatic carbocycles. The fourth-order valence-corrected chi connectivity index (χ4v) is 0.900. The molecule has 0 radical (unpaired) electrons. The maximum atomic E-state index is 9.73. The monoisotopic (exact) mass is 127 g/mol. The molecule has 1 saturated heterocycles. The minimum Gasteiger partial charge on any atom is -0.379 e. The molecule has 0 bridgehead atoms. The lowest BCUT2D eigenvalue weighted by atomic mass is 10.1. The van der Waals surface area contributed by atoms with Crippen molar-refractivity contribution < 1.29 is 9.53 Å². The van der Waals surface area contributed by atoms with Crippen LogP contribution in [-0.4, -0.2) is 25.3 Å². The molecule has 0 amide bonds. The summed E-state index contributed by atoms with van der Waals surface area (Å²) in [6.07, 6.45) is 3.51. The smallest absolute Gasteiger partial charge is 0.235 e. The van der Waals surface area contributed by atoms with Crippen molar-refractivity contribution in [2.24, 2.45) is 4.99 Å². The van der Waals surface area contributed by atoms with E-state index < -0.39 is 0 Å². The number of hydrogen-bond donors (Lipinski definition) is 0. The van der Waals surface area contributed by atoms with Crippen LogP contribution in [0.15, 0.2) is 4.99 Å². The highest BCUT2D eigenvalue weighted by Gasteiger charge is 2.11. The number of carbonyl (C=O) groups excluding carboxylic acids is 1. The maximum absolute atomic E-state index is 9.73. The van der Waals surface area contributed by atoms with E-state index in [2.05, 4.69) is 4.99 Å². The van der Waals surface area contributed by atoms with E-state index in [4.69, 9.17) is 4.74 Å². The highest BCUT2D eigenvalue weighted by molar-refractivity contribution is 5.33. The van der Waals surface area contributed by atoms with Crippen molar-refractivity contribution in [3.05, 3.63) is 0 Å².